The number of aliphatic hydroxyl groups is 1. The van der Waals surface area contributed by atoms with Crippen molar-refractivity contribution in [3.63, 3.8) is 0 Å². The molecule has 0 aliphatic heterocycles. The third-order valence-corrected chi connectivity index (χ3v) is 2.91. The fourth-order valence-corrected chi connectivity index (χ4v) is 1.77. The second-order valence-corrected chi connectivity index (χ2v) is 4.41. The van der Waals surface area contributed by atoms with Gasteiger partial charge >= 0.3 is 0 Å². The highest BCUT2D eigenvalue weighted by atomic mass is 35.5. The van der Waals surface area contributed by atoms with Crippen molar-refractivity contribution >= 4 is 23.2 Å². The molecule has 5 nitrogen and oxygen atoms in total. The number of hydrogen-bond donors (Lipinski definition) is 2. The van der Waals surface area contributed by atoms with Crippen LogP contribution in [0.1, 0.15) is 16.1 Å². The number of amides is 1. The molecule has 0 aliphatic rings. The first kappa shape index (κ1) is 14.1. The van der Waals surface area contributed by atoms with Gasteiger partial charge in [0.25, 0.3) is 5.91 Å². The number of carbonyl (C=O) groups is 1. The second-order valence-electron chi connectivity index (χ2n) is 4.00. The topological polar surface area (TPSA) is 67.2 Å². The van der Waals surface area contributed by atoms with Gasteiger partial charge in [-0.15, -0.1) is 0 Å². The summed E-state index contributed by atoms with van der Waals surface area (Å²) in [6.07, 6.45) is 3.01. The average Bonchev–Trinajstić information content (AvgIpc) is 2.86. The summed E-state index contributed by atoms with van der Waals surface area (Å²) in [6.45, 7) is -0.223. The molecule has 6 heteroatoms. The van der Waals surface area contributed by atoms with Gasteiger partial charge in [0.05, 0.1) is 23.2 Å². The Balaban J connectivity index is 2.25. The molecule has 1 amide bonds. The van der Waals surface area contributed by atoms with Gasteiger partial charge in [0.15, 0.2) is 0 Å². The molecule has 0 aliphatic carbocycles. The van der Waals surface area contributed by atoms with Crippen LogP contribution in [-0.2, 0) is 7.05 Å². The molecule has 2 aromatic rings. The van der Waals surface area contributed by atoms with E-state index in [1.807, 2.05) is 0 Å². The van der Waals surface area contributed by atoms with Gasteiger partial charge in [-0.1, -0.05) is 23.4 Å². The lowest BCUT2D eigenvalue weighted by molar-refractivity contribution is 0.101. The number of imidazole rings is 1. The van der Waals surface area contributed by atoms with Crippen molar-refractivity contribution in [2.45, 2.75) is 0 Å². The Labute approximate surface area is 121 Å². The minimum atomic E-state index is -0.306. The number of carbonyl (C=O) groups excluding carboxylic acids is 1. The first-order chi connectivity index (χ1) is 9.61. The lowest BCUT2D eigenvalue weighted by Gasteiger charge is -2.08. The predicted octanol–water partition coefficient (Wildman–Crippen LogP) is 1.67. The van der Waals surface area contributed by atoms with E-state index in [1.54, 1.807) is 36.1 Å². The average molecular weight is 290 g/mol. The van der Waals surface area contributed by atoms with Crippen LogP contribution in [0.3, 0.4) is 0 Å². The van der Waals surface area contributed by atoms with Crippen LogP contribution in [0.2, 0.25) is 5.02 Å². The van der Waals surface area contributed by atoms with Gasteiger partial charge in [-0.2, -0.15) is 0 Å². The largest absolute Gasteiger partial charge is 0.384 e. The number of nitrogens with one attached hydrogen (secondary N) is 1. The fraction of sp³-hybridized carbons (Fsp3) is 0.143. The molecule has 1 aromatic heterocycles. The number of nitrogens with zero attached hydrogens (tertiary/aromatic N) is 2. The Bertz CT molecular complexity index is 698. The maximum Gasteiger partial charge on any atom is 0.273 e. The van der Waals surface area contributed by atoms with E-state index in [0.29, 0.717) is 22.0 Å². The highest BCUT2D eigenvalue weighted by Gasteiger charge is 2.11. The van der Waals surface area contributed by atoms with Crippen molar-refractivity contribution in [2.75, 3.05) is 11.9 Å². The molecule has 0 unspecified atom stereocenters. The van der Waals surface area contributed by atoms with Gasteiger partial charge in [0.1, 0.15) is 12.3 Å². The first-order valence-corrected chi connectivity index (χ1v) is 6.16. The molecule has 0 saturated heterocycles. The van der Waals surface area contributed by atoms with Crippen LogP contribution in [0, 0.1) is 11.8 Å². The molecule has 102 valence electrons. The maximum absolute atomic E-state index is 12.1. The molecule has 2 N–H and O–H groups in total. The number of benzene rings is 1. The van der Waals surface area contributed by atoms with Gasteiger partial charge in [0, 0.05) is 12.6 Å². The van der Waals surface area contributed by atoms with Crippen LogP contribution in [0.15, 0.2) is 30.7 Å². The van der Waals surface area contributed by atoms with Crippen molar-refractivity contribution in [1.29, 1.82) is 0 Å². The van der Waals surface area contributed by atoms with Crippen LogP contribution < -0.4 is 5.32 Å². The predicted molar refractivity (Wildman–Crippen MR) is 76.6 cm³/mol. The molecule has 1 heterocycles. The number of aryl methyl sites for hydroxylation is 1. The Morgan fingerprint density at radius 2 is 2.35 bits per heavy atom. The first-order valence-electron chi connectivity index (χ1n) is 5.79. The lowest BCUT2D eigenvalue weighted by atomic mass is 10.2. The third kappa shape index (κ3) is 3.18. The highest BCUT2D eigenvalue weighted by molar-refractivity contribution is 6.34. The summed E-state index contributed by atoms with van der Waals surface area (Å²) < 4.78 is 1.61. The van der Waals surface area contributed by atoms with Crippen LogP contribution in [-0.4, -0.2) is 27.2 Å². The second kappa shape index (κ2) is 6.24. The molecule has 1 aromatic carbocycles. The van der Waals surface area contributed by atoms with Crippen molar-refractivity contribution in [3.05, 3.63) is 47.0 Å². The van der Waals surface area contributed by atoms with E-state index in [4.69, 9.17) is 16.7 Å². The number of halogens is 1. The SMILES string of the molecule is Cn1cncc1C(=O)Nc1cc(C#CCO)ccc1Cl. The Kier molecular flexibility index (Phi) is 4.41. The Morgan fingerprint density at radius 3 is 3.00 bits per heavy atom. The normalized spacial score (nSPS) is 9.75. The van der Waals surface area contributed by atoms with E-state index in [0.717, 1.165) is 0 Å². The molecule has 0 bridgehead atoms. The van der Waals surface area contributed by atoms with E-state index < -0.39 is 0 Å². The van der Waals surface area contributed by atoms with E-state index in [2.05, 4.69) is 22.1 Å². The quantitative estimate of drug-likeness (QED) is 0.827. The van der Waals surface area contributed by atoms with Crippen molar-refractivity contribution < 1.29 is 9.90 Å². The molecule has 0 saturated carbocycles. The summed E-state index contributed by atoms with van der Waals surface area (Å²) in [7, 11) is 1.73. The van der Waals surface area contributed by atoms with Crippen molar-refractivity contribution in [3.8, 4) is 11.8 Å². The van der Waals surface area contributed by atoms with E-state index in [1.165, 1.54) is 6.20 Å². The summed E-state index contributed by atoms with van der Waals surface area (Å²) in [5.74, 6) is 4.98. The molecule has 0 radical (unpaired) electrons. The van der Waals surface area contributed by atoms with Crippen LogP contribution >= 0.6 is 11.6 Å². The zero-order valence-electron chi connectivity index (χ0n) is 10.7. The summed E-state index contributed by atoms with van der Waals surface area (Å²) in [5.41, 5.74) is 1.54. The summed E-state index contributed by atoms with van der Waals surface area (Å²) in [6, 6.07) is 5.01. The molecular formula is C14H12ClN3O2. The Morgan fingerprint density at radius 1 is 1.55 bits per heavy atom. The highest BCUT2D eigenvalue weighted by Crippen LogP contribution is 2.23. The molecule has 0 spiro atoms. The number of aliphatic hydroxyl groups excluding tert-OH is 1. The van der Waals surface area contributed by atoms with Crippen LogP contribution in [0.4, 0.5) is 5.69 Å². The minimum absolute atomic E-state index is 0.223. The standard InChI is InChI=1S/C14H12ClN3O2/c1-18-9-16-8-13(18)14(20)17-12-7-10(3-2-6-19)4-5-11(12)15/h4-5,7-9,19H,6H2,1H3,(H,17,20). The smallest absolute Gasteiger partial charge is 0.273 e. The van der Waals surface area contributed by atoms with Gasteiger partial charge in [0.2, 0.25) is 0 Å². The summed E-state index contributed by atoms with van der Waals surface area (Å²) in [5, 5.41) is 11.8. The van der Waals surface area contributed by atoms with E-state index >= 15 is 0 Å². The van der Waals surface area contributed by atoms with Crippen LogP contribution in [0.5, 0.6) is 0 Å². The zero-order valence-corrected chi connectivity index (χ0v) is 11.5. The van der Waals surface area contributed by atoms with Gasteiger partial charge < -0.3 is 15.0 Å². The minimum Gasteiger partial charge on any atom is -0.384 e. The molecule has 0 atom stereocenters. The lowest BCUT2D eigenvalue weighted by Crippen LogP contribution is -2.15. The van der Waals surface area contributed by atoms with Crippen molar-refractivity contribution in [1.82, 2.24) is 9.55 Å². The fourth-order valence-electron chi connectivity index (χ4n) is 1.60. The van der Waals surface area contributed by atoms with Crippen molar-refractivity contribution in [2.24, 2.45) is 7.05 Å². The van der Waals surface area contributed by atoms with E-state index in [-0.39, 0.29) is 12.5 Å². The molecule has 2 rings (SSSR count). The van der Waals surface area contributed by atoms with Gasteiger partial charge in [-0.3, -0.25) is 4.79 Å². The van der Waals surface area contributed by atoms with Crippen LogP contribution in [0.25, 0.3) is 0 Å². The summed E-state index contributed by atoms with van der Waals surface area (Å²) >= 11 is 6.04. The van der Waals surface area contributed by atoms with E-state index in [9.17, 15) is 4.79 Å². The number of aromatic nitrogens is 2. The monoisotopic (exact) mass is 289 g/mol. The number of hydrogen-bond acceptors (Lipinski definition) is 3. The molecule has 0 fully saturated rings. The third-order valence-electron chi connectivity index (χ3n) is 2.58. The number of anilines is 1. The summed E-state index contributed by atoms with van der Waals surface area (Å²) in [4.78, 5) is 16.0. The zero-order chi connectivity index (χ0) is 14.5. The molecule has 20 heavy (non-hydrogen) atoms. The van der Waals surface area contributed by atoms with Gasteiger partial charge in [-0.25, -0.2) is 4.98 Å². The molecular weight excluding hydrogens is 278 g/mol. The Hall–Kier alpha value is -2.29. The number of rotatable bonds is 2. The van der Waals surface area contributed by atoms with Gasteiger partial charge in [-0.05, 0) is 18.2 Å². The maximum atomic E-state index is 12.1.